The van der Waals surface area contributed by atoms with Crippen LogP contribution < -0.4 is 0 Å². The first-order valence-electron chi connectivity index (χ1n) is 7.84. The van der Waals surface area contributed by atoms with E-state index in [-0.39, 0.29) is 23.4 Å². The number of carbonyl (C=O) groups excluding carboxylic acids is 1. The number of aliphatic hydroxyl groups is 1. The van der Waals surface area contributed by atoms with Crippen molar-refractivity contribution in [3.63, 3.8) is 0 Å². The van der Waals surface area contributed by atoms with Gasteiger partial charge in [0.2, 0.25) is 0 Å². The fourth-order valence-electron chi connectivity index (χ4n) is 3.08. The molecular formula is C17H22O4S. The summed E-state index contributed by atoms with van der Waals surface area (Å²) in [5.41, 5.74) is 1.18. The number of carbonyl (C=O) groups is 1. The third kappa shape index (κ3) is 3.90. The normalized spacial score (nSPS) is 31.5. The quantitative estimate of drug-likeness (QED) is 0.867. The van der Waals surface area contributed by atoms with Gasteiger partial charge in [0.05, 0.1) is 18.3 Å². The highest BCUT2D eigenvalue weighted by Crippen LogP contribution is 2.32. The molecule has 0 amide bonds. The first kappa shape index (κ1) is 16.0. The van der Waals surface area contributed by atoms with Crippen LogP contribution in [0.25, 0.3) is 0 Å². The average Bonchev–Trinajstić information content (AvgIpc) is 2.49. The van der Waals surface area contributed by atoms with Crippen molar-refractivity contribution in [3.05, 3.63) is 29.8 Å². The summed E-state index contributed by atoms with van der Waals surface area (Å²) in [6.45, 7) is 2.71. The molecule has 0 unspecified atom stereocenters. The number of thioether (sulfide) groups is 1. The maximum Gasteiger partial charge on any atom is 0.196 e. The second kappa shape index (κ2) is 7.13. The smallest absolute Gasteiger partial charge is 0.196 e. The number of benzene rings is 1. The van der Waals surface area contributed by atoms with Gasteiger partial charge in [-0.05, 0) is 31.9 Å². The lowest BCUT2D eigenvalue weighted by Gasteiger charge is -2.42. The van der Waals surface area contributed by atoms with Crippen LogP contribution in [0.2, 0.25) is 0 Å². The Hall–Kier alpha value is -0.880. The predicted molar refractivity (Wildman–Crippen MR) is 84.9 cm³/mol. The van der Waals surface area contributed by atoms with Gasteiger partial charge < -0.3 is 14.6 Å². The molecule has 1 N–H and O–H groups in total. The van der Waals surface area contributed by atoms with Crippen LogP contribution >= 0.6 is 11.8 Å². The third-order valence-corrected chi connectivity index (χ3v) is 5.11. The SMILES string of the molecule is Cc1ccc(SC(=O)C[C@@H]2C[C@@H](O)[C@H]3OCCC[C@@H]3O2)cc1. The summed E-state index contributed by atoms with van der Waals surface area (Å²) in [5.74, 6) is 0. The number of rotatable bonds is 3. The molecule has 1 aromatic rings. The Balaban J connectivity index is 1.54. The Labute approximate surface area is 135 Å². The first-order chi connectivity index (χ1) is 10.6. The van der Waals surface area contributed by atoms with Gasteiger partial charge in [-0.1, -0.05) is 29.5 Å². The molecule has 0 bridgehead atoms. The molecule has 1 aromatic carbocycles. The maximum absolute atomic E-state index is 12.2. The standard InChI is InChI=1S/C17H22O4S/c1-11-4-6-13(7-5-11)22-16(19)10-12-9-14(18)17-15(21-12)3-2-8-20-17/h4-7,12,14-15,17-18H,2-3,8-10H2,1H3/t12-,14+,15-,17+/m0/s1. The van der Waals surface area contributed by atoms with E-state index in [1.807, 2.05) is 31.2 Å². The first-order valence-corrected chi connectivity index (χ1v) is 8.66. The molecule has 0 spiro atoms. The molecular weight excluding hydrogens is 300 g/mol. The molecule has 3 rings (SSSR count). The topological polar surface area (TPSA) is 55.8 Å². The molecule has 22 heavy (non-hydrogen) atoms. The molecule has 5 heteroatoms. The molecule has 2 aliphatic rings. The van der Waals surface area contributed by atoms with Gasteiger partial charge in [0.15, 0.2) is 5.12 Å². The third-order valence-electron chi connectivity index (χ3n) is 4.21. The number of fused-ring (bicyclic) bond motifs is 1. The molecule has 2 fully saturated rings. The van der Waals surface area contributed by atoms with Crippen LogP contribution in [0.5, 0.6) is 0 Å². The van der Waals surface area contributed by atoms with E-state index in [1.54, 1.807) is 0 Å². The Morgan fingerprint density at radius 2 is 2.14 bits per heavy atom. The minimum absolute atomic E-state index is 0.0697. The molecule has 120 valence electrons. The van der Waals surface area contributed by atoms with Crippen LogP contribution in [0.15, 0.2) is 29.2 Å². The molecule has 0 aliphatic carbocycles. The van der Waals surface area contributed by atoms with E-state index in [1.165, 1.54) is 17.3 Å². The molecule has 2 saturated heterocycles. The lowest BCUT2D eigenvalue weighted by molar-refractivity contribution is -0.207. The molecule has 0 saturated carbocycles. The van der Waals surface area contributed by atoms with Crippen molar-refractivity contribution in [2.24, 2.45) is 0 Å². The van der Waals surface area contributed by atoms with Gasteiger partial charge in [-0.2, -0.15) is 0 Å². The monoisotopic (exact) mass is 322 g/mol. The predicted octanol–water partition coefficient (Wildman–Crippen LogP) is 2.70. The number of ether oxygens (including phenoxy) is 2. The van der Waals surface area contributed by atoms with Gasteiger partial charge in [0, 0.05) is 24.3 Å². The van der Waals surface area contributed by atoms with Crippen LogP contribution in [0, 0.1) is 6.92 Å². The molecule has 4 nitrogen and oxygen atoms in total. The number of aryl methyl sites for hydroxylation is 1. The van der Waals surface area contributed by atoms with E-state index in [0.29, 0.717) is 19.4 Å². The van der Waals surface area contributed by atoms with Crippen molar-refractivity contribution in [1.29, 1.82) is 0 Å². The van der Waals surface area contributed by atoms with Crippen molar-refractivity contribution in [3.8, 4) is 0 Å². The highest BCUT2D eigenvalue weighted by Gasteiger charge is 2.40. The van der Waals surface area contributed by atoms with Gasteiger partial charge in [0.25, 0.3) is 0 Å². The molecule has 4 atom stereocenters. The lowest BCUT2D eigenvalue weighted by Crippen LogP contribution is -2.52. The summed E-state index contributed by atoms with van der Waals surface area (Å²) >= 11 is 1.24. The molecule has 0 radical (unpaired) electrons. The summed E-state index contributed by atoms with van der Waals surface area (Å²) in [5, 5.41) is 10.3. The van der Waals surface area contributed by atoms with Crippen molar-refractivity contribution in [1.82, 2.24) is 0 Å². The van der Waals surface area contributed by atoms with Gasteiger partial charge in [-0.15, -0.1) is 0 Å². The van der Waals surface area contributed by atoms with Gasteiger partial charge in [-0.3, -0.25) is 4.79 Å². The van der Waals surface area contributed by atoms with Crippen molar-refractivity contribution in [2.45, 2.75) is 61.9 Å². The fraction of sp³-hybridized carbons (Fsp3) is 0.588. The van der Waals surface area contributed by atoms with E-state index < -0.39 is 6.10 Å². The van der Waals surface area contributed by atoms with Crippen LogP contribution in [0.3, 0.4) is 0 Å². The van der Waals surface area contributed by atoms with E-state index >= 15 is 0 Å². The fourth-order valence-corrected chi connectivity index (χ4v) is 3.89. The Bertz CT molecular complexity index is 516. The zero-order chi connectivity index (χ0) is 15.5. The van der Waals surface area contributed by atoms with E-state index in [4.69, 9.17) is 9.47 Å². The van der Waals surface area contributed by atoms with E-state index in [9.17, 15) is 9.90 Å². The van der Waals surface area contributed by atoms with Crippen molar-refractivity contribution in [2.75, 3.05) is 6.61 Å². The van der Waals surface area contributed by atoms with Gasteiger partial charge in [0.1, 0.15) is 6.10 Å². The van der Waals surface area contributed by atoms with Crippen LogP contribution in [-0.4, -0.2) is 41.2 Å². The van der Waals surface area contributed by atoms with Crippen molar-refractivity contribution >= 4 is 16.9 Å². The highest BCUT2D eigenvalue weighted by atomic mass is 32.2. The summed E-state index contributed by atoms with van der Waals surface area (Å²) in [6.07, 6.45) is 1.64. The minimum Gasteiger partial charge on any atom is -0.390 e. The van der Waals surface area contributed by atoms with Crippen LogP contribution in [-0.2, 0) is 14.3 Å². The van der Waals surface area contributed by atoms with E-state index in [2.05, 4.69) is 0 Å². The Morgan fingerprint density at radius 1 is 1.36 bits per heavy atom. The van der Waals surface area contributed by atoms with Crippen LogP contribution in [0.1, 0.15) is 31.2 Å². The lowest BCUT2D eigenvalue weighted by atomic mass is 9.92. The maximum atomic E-state index is 12.2. The number of aliphatic hydroxyl groups excluding tert-OH is 1. The Kier molecular flexibility index (Phi) is 5.18. The van der Waals surface area contributed by atoms with Gasteiger partial charge >= 0.3 is 0 Å². The molecule has 0 aromatic heterocycles. The van der Waals surface area contributed by atoms with Crippen molar-refractivity contribution < 1.29 is 19.4 Å². The second-order valence-corrected chi connectivity index (χ2v) is 7.20. The zero-order valence-corrected chi connectivity index (χ0v) is 13.6. The van der Waals surface area contributed by atoms with E-state index in [0.717, 1.165) is 17.7 Å². The largest absolute Gasteiger partial charge is 0.390 e. The summed E-state index contributed by atoms with van der Waals surface area (Å²) in [4.78, 5) is 13.2. The minimum atomic E-state index is -0.527. The summed E-state index contributed by atoms with van der Waals surface area (Å²) < 4.78 is 11.6. The summed E-state index contributed by atoms with van der Waals surface area (Å²) in [7, 11) is 0. The zero-order valence-electron chi connectivity index (χ0n) is 12.7. The average molecular weight is 322 g/mol. The molecule has 2 heterocycles. The number of hydrogen-bond acceptors (Lipinski definition) is 5. The number of hydrogen-bond donors (Lipinski definition) is 1. The molecule has 2 aliphatic heterocycles. The van der Waals surface area contributed by atoms with Crippen LogP contribution in [0.4, 0.5) is 0 Å². The Morgan fingerprint density at radius 3 is 2.91 bits per heavy atom. The van der Waals surface area contributed by atoms with Gasteiger partial charge in [-0.25, -0.2) is 0 Å². The highest BCUT2D eigenvalue weighted by molar-refractivity contribution is 8.13. The summed E-state index contributed by atoms with van der Waals surface area (Å²) in [6, 6.07) is 7.92. The second-order valence-electron chi connectivity index (χ2n) is 6.07.